The smallest absolute Gasteiger partial charge is 0.129 e. The normalized spacial score (nSPS) is 26.1. The molecule has 1 fully saturated rings. The van der Waals surface area contributed by atoms with E-state index < -0.39 is 0 Å². The van der Waals surface area contributed by atoms with Gasteiger partial charge in [0.1, 0.15) is 5.82 Å². The van der Waals surface area contributed by atoms with Crippen molar-refractivity contribution in [2.45, 2.75) is 42.6 Å². The third-order valence-corrected chi connectivity index (χ3v) is 4.58. The molecule has 3 atom stereocenters. The maximum absolute atomic E-state index is 13.7. The molecule has 2 nitrogen and oxygen atoms in total. The Morgan fingerprint density at radius 1 is 1.53 bits per heavy atom. The number of hydrogen-bond donors (Lipinski definition) is 1. The molecule has 0 aliphatic carbocycles. The van der Waals surface area contributed by atoms with Crippen LogP contribution in [0.2, 0.25) is 0 Å². The Hall–Kier alpha value is -0.580. The third kappa shape index (κ3) is 2.81. The maximum atomic E-state index is 13.7. The summed E-state index contributed by atoms with van der Waals surface area (Å²) in [4.78, 5) is 0.947. The lowest BCUT2D eigenvalue weighted by Gasteiger charge is -2.18. The molecule has 2 rings (SSSR count). The fourth-order valence-electron chi connectivity index (χ4n) is 2.09. The van der Waals surface area contributed by atoms with Crippen LogP contribution in [-0.4, -0.2) is 18.0 Å². The van der Waals surface area contributed by atoms with Gasteiger partial charge in [-0.15, -0.1) is 11.8 Å². The van der Waals surface area contributed by atoms with Gasteiger partial charge in [0.15, 0.2) is 0 Å². The molecule has 1 aromatic rings. The van der Waals surface area contributed by atoms with Crippen molar-refractivity contribution in [3.05, 3.63) is 29.6 Å². The third-order valence-electron chi connectivity index (χ3n) is 3.05. The van der Waals surface area contributed by atoms with Crippen LogP contribution < -0.4 is 5.73 Å². The van der Waals surface area contributed by atoms with E-state index in [4.69, 9.17) is 10.5 Å². The highest BCUT2D eigenvalue weighted by molar-refractivity contribution is 8.00. The summed E-state index contributed by atoms with van der Waals surface area (Å²) in [5.74, 6) is -0.212. The molecule has 0 saturated carbocycles. The summed E-state index contributed by atoms with van der Waals surface area (Å²) in [7, 11) is 0. The predicted molar refractivity (Wildman–Crippen MR) is 68.7 cm³/mol. The first-order valence-electron chi connectivity index (χ1n) is 5.92. The first-order valence-corrected chi connectivity index (χ1v) is 6.80. The van der Waals surface area contributed by atoms with Crippen molar-refractivity contribution in [1.82, 2.24) is 0 Å². The highest BCUT2D eigenvalue weighted by Crippen LogP contribution is 2.36. The second-order valence-electron chi connectivity index (χ2n) is 4.46. The van der Waals surface area contributed by atoms with E-state index in [0.717, 1.165) is 17.9 Å². The zero-order chi connectivity index (χ0) is 12.4. The van der Waals surface area contributed by atoms with E-state index in [-0.39, 0.29) is 18.0 Å². The minimum atomic E-state index is -0.281. The molecule has 0 bridgehead atoms. The summed E-state index contributed by atoms with van der Waals surface area (Å²) >= 11 is 1.68. The van der Waals surface area contributed by atoms with Gasteiger partial charge in [0.25, 0.3) is 0 Å². The molecule has 0 aromatic heterocycles. The number of hydrogen-bond acceptors (Lipinski definition) is 3. The van der Waals surface area contributed by atoms with Crippen LogP contribution in [0.4, 0.5) is 4.39 Å². The molecule has 94 valence electrons. The monoisotopic (exact) mass is 255 g/mol. The lowest BCUT2D eigenvalue weighted by atomic mass is 10.1. The average Bonchev–Trinajstić information content (AvgIpc) is 2.64. The molecule has 1 aliphatic rings. The Bertz CT molecular complexity index is 397. The van der Waals surface area contributed by atoms with Crippen LogP contribution >= 0.6 is 11.8 Å². The molecule has 17 heavy (non-hydrogen) atoms. The van der Waals surface area contributed by atoms with Gasteiger partial charge in [0, 0.05) is 28.4 Å². The highest BCUT2D eigenvalue weighted by Gasteiger charge is 2.26. The Kier molecular flexibility index (Phi) is 4.07. The van der Waals surface area contributed by atoms with E-state index in [2.05, 4.69) is 6.92 Å². The van der Waals surface area contributed by atoms with Crippen LogP contribution in [0.5, 0.6) is 0 Å². The first-order chi connectivity index (χ1) is 8.09. The van der Waals surface area contributed by atoms with Gasteiger partial charge in [0.05, 0.1) is 6.10 Å². The summed E-state index contributed by atoms with van der Waals surface area (Å²) in [5, 5.41) is 0.397. The molecule has 1 heterocycles. The zero-order valence-corrected chi connectivity index (χ0v) is 11.0. The standard InChI is InChI=1S/C13H18FNOS/c1-8(15)13-10(14)4-3-5-12(13)17-11-6-7-16-9(11)2/h3-5,8-9,11H,6-7,15H2,1-2H3/t8-,9?,11?/m0/s1. The number of halogens is 1. The molecule has 4 heteroatoms. The average molecular weight is 255 g/mol. The van der Waals surface area contributed by atoms with Gasteiger partial charge >= 0.3 is 0 Å². The molecular weight excluding hydrogens is 237 g/mol. The molecule has 1 aromatic carbocycles. The second-order valence-corrected chi connectivity index (χ2v) is 5.74. The zero-order valence-electron chi connectivity index (χ0n) is 10.2. The van der Waals surface area contributed by atoms with E-state index >= 15 is 0 Å². The van der Waals surface area contributed by atoms with Crippen LogP contribution in [0.25, 0.3) is 0 Å². The molecule has 2 N–H and O–H groups in total. The van der Waals surface area contributed by atoms with Crippen molar-refractivity contribution >= 4 is 11.8 Å². The fraction of sp³-hybridized carbons (Fsp3) is 0.538. The lowest BCUT2D eigenvalue weighted by Crippen LogP contribution is -2.15. The Morgan fingerprint density at radius 3 is 2.88 bits per heavy atom. The lowest BCUT2D eigenvalue weighted by molar-refractivity contribution is 0.127. The number of thioether (sulfide) groups is 1. The van der Waals surface area contributed by atoms with Gasteiger partial charge in [-0.2, -0.15) is 0 Å². The van der Waals surface area contributed by atoms with Gasteiger partial charge in [-0.1, -0.05) is 6.07 Å². The predicted octanol–water partition coefficient (Wildman–Crippen LogP) is 3.11. The molecule has 1 aliphatic heterocycles. The van der Waals surface area contributed by atoms with E-state index in [0.29, 0.717) is 10.8 Å². The number of rotatable bonds is 3. The Balaban J connectivity index is 2.23. The minimum absolute atomic E-state index is 0.212. The summed E-state index contributed by atoms with van der Waals surface area (Å²) in [5.41, 5.74) is 6.46. The second kappa shape index (κ2) is 5.38. The summed E-state index contributed by atoms with van der Waals surface area (Å²) in [6.45, 7) is 4.67. The van der Waals surface area contributed by atoms with Crippen molar-refractivity contribution in [1.29, 1.82) is 0 Å². The van der Waals surface area contributed by atoms with Crippen LogP contribution in [0.15, 0.2) is 23.1 Å². The topological polar surface area (TPSA) is 35.2 Å². The van der Waals surface area contributed by atoms with Gasteiger partial charge in [-0.05, 0) is 32.4 Å². The van der Waals surface area contributed by atoms with Gasteiger partial charge < -0.3 is 10.5 Å². The molecule has 0 radical (unpaired) electrons. The van der Waals surface area contributed by atoms with E-state index in [1.165, 1.54) is 6.07 Å². The maximum Gasteiger partial charge on any atom is 0.129 e. The minimum Gasteiger partial charge on any atom is -0.377 e. The molecule has 0 spiro atoms. The molecule has 0 amide bonds. The summed E-state index contributed by atoms with van der Waals surface area (Å²) in [6, 6.07) is 4.87. The summed E-state index contributed by atoms with van der Waals surface area (Å²) < 4.78 is 19.3. The van der Waals surface area contributed by atoms with Crippen molar-refractivity contribution in [3.8, 4) is 0 Å². The van der Waals surface area contributed by atoms with E-state index in [1.807, 2.05) is 13.0 Å². The fourth-order valence-corrected chi connectivity index (χ4v) is 3.47. The van der Waals surface area contributed by atoms with Crippen molar-refractivity contribution in [2.75, 3.05) is 6.61 Å². The molecule has 1 saturated heterocycles. The van der Waals surface area contributed by atoms with Crippen molar-refractivity contribution < 1.29 is 9.13 Å². The van der Waals surface area contributed by atoms with Crippen molar-refractivity contribution in [2.24, 2.45) is 5.73 Å². The summed E-state index contributed by atoms with van der Waals surface area (Å²) in [6.07, 6.45) is 1.24. The Morgan fingerprint density at radius 2 is 2.29 bits per heavy atom. The number of nitrogens with two attached hydrogens (primary N) is 1. The molecular formula is C13H18FNOS. The van der Waals surface area contributed by atoms with Crippen LogP contribution in [0.3, 0.4) is 0 Å². The number of benzene rings is 1. The first kappa shape index (κ1) is 12.9. The Labute approximate surface area is 106 Å². The van der Waals surface area contributed by atoms with Crippen LogP contribution in [0, 0.1) is 5.82 Å². The van der Waals surface area contributed by atoms with Crippen molar-refractivity contribution in [3.63, 3.8) is 0 Å². The van der Waals surface area contributed by atoms with Gasteiger partial charge in [-0.3, -0.25) is 0 Å². The van der Waals surface area contributed by atoms with E-state index in [9.17, 15) is 4.39 Å². The largest absolute Gasteiger partial charge is 0.377 e. The molecule has 2 unspecified atom stereocenters. The SMILES string of the molecule is CC1OCCC1Sc1cccc(F)c1[C@H](C)N. The highest BCUT2D eigenvalue weighted by atomic mass is 32.2. The van der Waals surface area contributed by atoms with Gasteiger partial charge in [0.2, 0.25) is 0 Å². The van der Waals surface area contributed by atoms with E-state index in [1.54, 1.807) is 17.8 Å². The van der Waals surface area contributed by atoms with Crippen LogP contribution in [0.1, 0.15) is 31.9 Å². The quantitative estimate of drug-likeness (QED) is 0.901. The number of ether oxygens (including phenoxy) is 1. The van der Waals surface area contributed by atoms with Crippen LogP contribution in [-0.2, 0) is 4.74 Å². The van der Waals surface area contributed by atoms with Gasteiger partial charge in [-0.25, -0.2) is 4.39 Å².